The third-order valence-electron chi connectivity index (χ3n) is 4.81. The zero-order valence-electron chi connectivity index (χ0n) is 15.0. The highest BCUT2D eigenvalue weighted by Gasteiger charge is 2.31. The number of hydrogen-bond acceptors (Lipinski definition) is 4. The molecule has 1 aromatic carbocycles. The minimum atomic E-state index is 0.307. The number of fused-ring (bicyclic) bond motifs is 1. The lowest BCUT2D eigenvalue weighted by Gasteiger charge is -2.22. The van der Waals surface area contributed by atoms with Crippen molar-refractivity contribution in [2.45, 2.75) is 39.4 Å². The van der Waals surface area contributed by atoms with Crippen molar-refractivity contribution in [3.8, 4) is 11.5 Å². The van der Waals surface area contributed by atoms with E-state index in [9.17, 15) is 0 Å². The number of benzene rings is 1. The average Bonchev–Trinajstić information content (AvgIpc) is 3.17. The van der Waals surface area contributed by atoms with Crippen LogP contribution in [0.5, 0.6) is 11.5 Å². The number of nitrogens with one attached hydrogen (secondary N) is 2. The van der Waals surface area contributed by atoms with Crippen molar-refractivity contribution in [3.05, 3.63) is 23.8 Å². The van der Waals surface area contributed by atoms with Gasteiger partial charge in [0, 0.05) is 38.8 Å². The number of guanidine groups is 1. The minimum absolute atomic E-state index is 0.307. The fourth-order valence-corrected chi connectivity index (χ4v) is 3.22. The van der Waals surface area contributed by atoms with Gasteiger partial charge in [0.05, 0.1) is 0 Å². The van der Waals surface area contributed by atoms with Gasteiger partial charge in [-0.15, -0.1) is 0 Å². The molecule has 2 heterocycles. The van der Waals surface area contributed by atoms with Crippen molar-refractivity contribution in [2.75, 3.05) is 26.9 Å². The zero-order valence-corrected chi connectivity index (χ0v) is 15.0. The topological polar surface area (TPSA) is 58.1 Å². The van der Waals surface area contributed by atoms with E-state index in [-0.39, 0.29) is 0 Å². The van der Waals surface area contributed by atoms with Gasteiger partial charge in [-0.2, -0.15) is 0 Å². The lowest BCUT2D eigenvalue weighted by Crippen LogP contribution is -2.46. The smallest absolute Gasteiger partial charge is 0.231 e. The average molecular weight is 332 g/mol. The van der Waals surface area contributed by atoms with Crippen LogP contribution in [-0.4, -0.2) is 49.9 Å². The normalized spacial score (nSPS) is 23.8. The molecule has 0 aliphatic carbocycles. The summed E-state index contributed by atoms with van der Waals surface area (Å²) in [4.78, 5) is 6.87. The lowest BCUT2D eigenvalue weighted by atomic mass is 10.1. The Labute approximate surface area is 144 Å². The molecule has 3 rings (SSSR count). The Morgan fingerprint density at radius 3 is 2.79 bits per heavy atom. The number of likely N-dealkylation sites (tertiary alicyclic amines) is 1. The molecule has 132 valence electrons. The van der Waals surface area contributed by atoms with E-state index in [4.69, 9.17) is 9.47 Å². The molecule has 6 nitrogen and oxygen atoms in total. The highest BCUT2D eigenvalue weighted by molar-refractivity contribution is 5.80. The van der Waals surface area contributed by atoms with Gasteiger partial charge in [-0.1, -0.05) is 13.0 Å². The van der Waals surface area contributed by atoms with Crippen LogP contribution in [0.2, 0.25) is 0 Å². The summed E-state index contributed by atoms with van der Waals surface area (Å²) in [5.41, 5.74) is 1.14. The molecule has 1 saturated heterocycles. The van der Waals surface area contributed by atoms with E-state index in [0.29, 0.717) is 31.3 Å². The number of hydrogen-bond donors (Lipinski definition) is 2. The summed E-state index contributed by atoms with van der Waals surface area (Å²) in [5, 5.41) is 6.96. The molecule has 0 aromatic heterocycles. The molecule has 0 spiro atoms. The maximum atomic E-state index is 5.43. The first kappa shape index (κ1) is 16.9. The summed E-state index contributed by atoms with van der Waals surface area (Å²) in [6.45, 7) is 10.00. The molecule has 0 saturated carbocycles. The highest BCUT2D eigenvalue weighted by atomic mass is 16.7. The summed E-state index contributed by atoms with van der Waals surface area (Å²) in [6.07, 6.45) is 0. The predicted molar refractivity (Wildman–Crippen MR) is 95.6 cm³/mol. The van der Waals surface area contributed by atoms with Crippen LogP contribution in [0.4, 0.5) is 0 Å². The number of rotatable bonds is 4. The molecule has 6 heteroatoms. The first-order valence-electron chi connectivity index (χ1n) is 8.66. The van der Waals surface area contributed by atoms with Gasteiger partial charge in [-0.3, -0.25) is 9.89 Å². The van der Waals surface area contributed by atoms with Gasteiger partial charge < -0.3 is 20.1 Å². The Kier molecular flexibility index (Phi) is 5.14. The van der Waals surface area contributed by atoms with Crippen molar-refractivity contribution in [3.63, 3.8) is 0 Å². The Hall–Kier alpha value is -1.95. The minimum Gasteiger partial charge on any atom is -0.454 e. The Morgan fingerprint density at radius 1 is 1.29 bits per heavy atom. The molecule has 2 unspecified atom stereocenters. The van der Waals surface area contributed by atoms with Crippen LogP contribution in [0.1, 0.15) is 26.3 Å². The second kappa shape index (κ2) is 7.30. The van der Waals surface area contributed by atoms with Crippen LogP contribution in [-0.2, 0) is 6.54 Å². The van der Waals surface area contributed by atoms with Gasteiger partial charge >= 0.3 is 0 Å². The van der Waals surface area contributed by atoms with E-state index in [1.54, 1.807) is 0 Å². The third kappa shape index (κ3) is 3.75. The summed E-state index contributed by atoms with van der Waals surface area (Å²) in [7, 11) is 1.81. The molecule has 2 atom stereocenters. The Balaban J connectivity index is 1.54. The standard InChI is InChI=1S/C18H28N4O2/c1-12(2)22-9-13(3)15(10-22)21-18(19-4)20-8-14-5-6-16-17(7-14)24-11-23-16/h5-7,12-13,15H,8-11H2,1-4H3,(H2,19,20,21). The Bertz CT molecular complexity index is 603. The largest absolute Gasteiger partial charge is 0.454 e. The van der Waals surface area contributed by atoms with Gasteiger partial charge in [0.1, 0.15) is 0 Å². The summed E-state index contributed by atoms with van der Waals surface area (Å²) >= 11 is 0. The van der Waals surface area contributed by atoms with E-state index in [1.165, 1.54) is 0 Å². The summed E-state index contributed by atoms with van der Waals surface area (Å²) in [6, 6.07) is 7.03. The SMILES string of the molecule is CN=C(NCc1ccc2c(c1)OCO2)NC1CN(C(C)C)CC1C. The second-order valence-electron chi connectivity index (χ2n) is 6.89. The number of aliphatic imine (C=N–C) groups is 1. The van der Waals surface area contributed by atoms with Crippen LogP contribution in [0, 0.1) is 5.92 Å². The molecule has 1 fully saturated rings. The quantitative estimate of drug-likeness (QED) is 0.650. The van der Waals surface area contributed by atoms with E-state index in [1.807, 2.05) is 25.2 Å². The maximum absolute atomic E-state index is 5.43. The van der Waals surface area contributed by atoms with Crippen LogP contribution in [0.15, 0.2) is 23.2 Å². The van der Waals surface area contributed by atoms with Crippen LogP contribution in [0.3, 0.4) is 0 Å². The van der Waals surface area contributed by atoms with E-state index in [0.717, 1.165) is 36.1 Å². The second-order valence-corrected chi connectivity index (χ2v) is 6.89. The maximum Gasteiger partial charge on any atom is 0.231 e. The molecule has 2 aliphatic rings. The number of ether oxygens (including phenoxy) is 2. The Morgan fingerprint density at radius 2 is 2.08 bits per heavy atom. The van der Waals surface area contributed by atoms with E-state index in [2.05, 4.69) is 41.3 Å². The molecule has 0 radical (unpaired) electrons. The third-order valence-corrected chi connectivity index (χ3v) is 4.81. The summed E-state index contributed by atoms with van der Waals surface area (Å²) in [5.74, 6) is 3.08. The first-order valence-corrected chi connectivity index (χ1v) is 8.66. The van der Waals surface area contributed by atoms with Gasteiger partial charge in [-0.25, -0.2) is 0 Å². The molecule has 2 aliphatic heterocycles. The van der Waals surface area contributed by atoms with Gasteiger partial charge in [0.2, 0.25) is 6.79 Å². The van der Waals surface area contributed by atoms with E-state index >= 15 is 0 Å². The monoisotopic (exact) mass is 332 g/mol. The van der Waals surface area contributed by atoms with Crippen LogP contribution >= 0.6 is 0 Å². The van der Waals surface area contributed by atoms with Crippen LogP contribution in [0.25, 0.3) is 0 Å². The fraction of sp³-hybridized carbons (Fsp3) is 0.611. The van der Waals surface area contributed by atoms with E-state index < -0.39 is 0 Å². The molecule has 0 amide bonds. The summed E-state index contributed by atoms with van der Waals surface area (Å²) < 4.78 is 10.8. The van der Waals surface area contributed by atoms with Crippen LogP contribution < -0.4 is 20.1 Å². The van der Waals surface area contributed by atoms with Crippen molar-refractivity contribution < 1.29 is 9.47 Å². The fourth-order valence-electron chi connectivity index (χ4n) is 3.22. The van der Waals surface area contributed by atoms with Crippen molar-refractivity contribution in [1.29, 1.82) is 0 Å². The van der Waals surface area contributed by atoms with Gasteiger partial charge in [-0.05, 0) is 37.5 Å². The zero-order chi connectivity index (χ0) is 17.1. The molecule has 2 N–H and O–H groups in total. The van der Waals surface area contributed by atoms with Crippen molar-refractivity contribution >= 4 is 5.96 Å². The van der Waals surface area contributed by atoms with Gasteiger partial charge in [0.15, 0.2) is 17.5 Å². The molecular formula is C18H28N4O2. The lowest BCUT2D eigenvalue weighted by molar-refractivity contribution is 0.174. The number of nitrogens with zero attached hydrogens (tertiary/aromatic N) is 2. The first-order chi connectivity index (χ1) is 11.6. The van der Waals surface area contributed by atoms with Gasteiger partial charge in [0.25, 0.3) is 0 Å². The molecular weight excluding hydrogens is 304 g/mol. The molecule has 0 bridgehead atoms. The van der Waals surface area contributed by atoms with Crippen molar-refractivity contribution in [1.82, 2.24) is 15.5 Å². The highest BCUT2D eigenvalue weighted by Crippen LogP contribution is 2.32. The molecule has 24 heavy (non-hydrogen) atoms. The molecule has 1 aromatic rings. The predicted octanol–water partition coefficient (Wildman–Crippen LogP) is 1.81. The van der Waals surface area contributed by atoms with Crippen molar-refractivity contribution in [2.24, 2.45) is 10.9 Å².